The zero-order chi connectivity index (χ0) is 12.3. The van der Waals surface area contributed by atoms with Crippen molar-refractivity contribution in [2.45, 2.75) is 23.6 Å². The van der Waals surface area contributed by atoms with Crippen LogP contribution in [0.5, 0.6) is 0 Å². The zero-order valence-corrected chi connectivity index (χ0v) is 10.7. The second kappa shape index (κ2) is 5.07. The summed E-state index contributed by atoms with van der Waals surface area (Å²) in [5.41, 5.74) is 3.26. The predicted octanol–water partition coefficient (Wildman–Crippen LogP) is 4.33. The Hall–Kier alpha value is -1.72. The summed E-state index contributed by atoms with van der Waals surface area (Å²) in [6, 6.07) is 16.2. The van der Waals surface area contributed by atoms with Crippen molar-refractivity contribution in [2.75, 3.05) is 0 Å². The minimum atomic E-state index is 0.709. The van der Waals surface area contributed by atoms with Crippen molar-refractivity contribution >= 4 is 11.8 Å². The molecule has 0 aliphatic rings. The lowest BCUT2D eigenvalue weighted by Gasteiger charge is -2.08. The van der Waals surface area contributed by atoms with Gasteiger partial charge in [0.15, 0.2) is 0 Å². The summed E-state index contributed by atoms with van der Waals surface area (Å²) < 4.78 is 0. The van der Waals surface area contributed by atoms with Crippen LogP contribution >= 0.6 is 11.8 Å². The molecule has 17 heavy (non-hydrogen) atoms. The Morgan fingerprint density at radius 3 is 2.29 bits per heavy atom. The van der Waals surface area contributed by atoms with Crippen molar-refractivity contribution in [2.24, 2.45) is 0 Å². The fourth-order valence-corrected chi connectivity index (χ4v) is 2.73. The lowest BCUT2D eigenvalue weighted by Crippen LogP contribution is -1.85. The molecule has 84 valence electrons. The fraction of sp³-hybridized carbons (Fsp3) is 0.133. The average Bonchev–Trinajstić information content (AvgIpc) is 2.34. The van der Waals surface area contributed by atoms with Crippen molar-refractivity contribution in [3.05, 3.63) is 59.2 Å². The standard InChI is InChI=1S/C15H13NS/c1-11-5-3-6-12(2)15(11)17-14-8-4-7-13(9-14)10-16/h3-9H,1-2H3. The van der Waals surface area contributed by atoms with E-state index in [0.717, 1.165) is 4.90 Å². The predicted molar refractivity (Wildman–Crippen MR) is 71.2 cm³/mol. The van der Waals surface area contributed by atoms with E-state index in [4.69, 9.17) is 5.26 Å². The molecule has 0 aliphatic carbocycles. The van der Waals surface area contributed by atoms with Crippen molar-refractivity contribution in [3.63, 3.8) is 0 Å². The molecule has 0 aliphatic heterocycles. The van der Waals surface area contributed by atoms with Crippen LogP contribution in [0.25, 0.3) is 0 Å². The van der Waals surface area contributed by atoms with E-state index in [9.17, 15) is 0 Å². The first kappa shape index (κ1) is 11.8. The van der Waals surface area contributed by atoms with Crippen molar-refractivity contribution < 1.29 is 0 Å². The monoisotopic (exact) mass is 239 g/mol. The van der Waals surface area contributed by atoms with Gasteiger partial charge >= 0.3 is 0 Å². The number of aryl methyl sites for hydroxylation is 2. The van der Waals surface area contributed by atoms with Gasteiger partial charge in [-0.25, -0.2) is 0 Å². The highest BCUT2D eigenvalue weighted by Gasteiger charge is 2.04. The summed E-state index contributed by atoms with van der Waals surface area (Å²) in [7, 11) is 0. The number of hydrogen-bond acceptors (Lipinski definition) is 2. The van der Waals surface area contributed by atoms with E-state index in [1.165, 1.54) is 16.0 Å². The number of rotatable bonds is 2. The van der Waals surface area contributed by atoms with Gasteiger partial charge in [0.2, 0.25) is 0 Å². The van der Waals surface area contributed by atoms with Crippen LogP contribution in [-0.2, 0) is 0 Å². The van der Waals surface area contributed by atoms with Crippen molar-refractivity contribution in [3.8, 4) is 6.07 Å². The number of hydrogen-bond donors (Lipinski definition) is 0. The summed E-state index contributed by atoms with van der Waals surface area (Å²) in [5, 5.41) is 8.88. The normalized spacial score (nSPS) is 9.94. The molecule has 0 saturated heterocycles. The summed E-state index contributed by atoms with van der Waals surface area (Å²) in [5.74, 6) is 0. The molecule has 2 rings (SSSR count). The first-order valence-corrected chi connectivity index (χ1v) is 6.26. The van der Waals surface area contributed by atoms with Gasteiger partial charge in [0.25, 0.3) is 0 Å². The molecule has 2 aromatic carbocycles. The van der Waals surface area contributed by atoms with Gasteiger partial charge in [-0.15, -0.1) is 0 Å². The molecule has 2 heteroatoms. The third-order valence-electron chi connectivity index (χ3n) is 2.59. The Bertz CT molecular complexity index is 561. The second-order valence-corrected chi connectivity index (χ2v) is 5.05. The summed E-state index contributed by atoms with van der Waals surface area (Å²) in [6.07, 6.45) is 0. The molecule has 0 bridgehead atoms. The smallest absolute Gasteiger partial charge is 0.0992 e. The molecular formula is C15H13NS. The minimum Gasteiger partial charge on any atom is -0.192 e. The van der Waals surface area contributed by atoms with Gasteiger partial charge in [-0.2, -0.15) is 5.26 Å². The third kappa shape index (κ3) is 2.69. The van der Waals surface area contributed by atoms with Gasteiger partial charge in [-0.05, 0) is 43.2 Å². The largest absolute Gasteiger partial charge is 0.192 e. The first-order valence-electron chi connectivity index (χ1n) is 5.45. The Balaban J connectivity index is 2.35. The van der Waals surface area contributed by atoms with Crippen LogP contribution < -0.4 is 0 Å². The molecular weight excluding hydrogens is 226 g/mol. The van der Waals surface area contributed by atoms with E-state index in [1.54, 1.807) is 11.8 Å². The molecule has 0 amide bonds. The highest BCUT2D eigenvalue weighted by atomic mass is 32.2. The van der Waals surface area contributed by atoms with Gasteiger partial charge in [-0.3, -0.25) is 0 Å². The first-order chi connectivity index (χ1) is 8.20. The lowest BCUT2D eigenvalue weighted by molar-refractivity contribution is 1.21. The maximum atomic E-state index is 8.88. The van der Waals surface area contributed by atoms with Gasteiger partial charge in [0.05, 0.1) is 11.6 Å². The molecule has 0 saturated carbocycles. The van der Waals surface area contributed by atoms with Crippen LogP contribution in [0.4, 0.5) is 0 Å². The van der Waals surface area contributed by atoms with E-state index in [0.29, 0.717) is 5.56 Å². The maximum Gasteiger partial charge on any atom is 0.0992 e. The van der Waals surface area contributed by atoms with E-state index < -0.39 is 0 Å². The Kier molecular flexibility index (Phi) is 3.51. The highest BCUT2D eigenvalue weighted by Crippen LogP contribution is 2.32. The molecule has 0 radical (unpaired) electrons. The summed E-state index contributed by atoms with van der Waals surface area (Å²) in [6.45, 7) is 4.23. The Labute approximate surface area is 106 Å². The van der Waals surface area contributed by atoms with Crippen LogP contribution in [0.3, 0.4) is 0 Å². The molecule has 0 fully saturated rings. The fourth-order valence-electron chi connectivity index (χ4n) is 1.71. The highest BCUT2D eigenvalue weighted by molar-refractivity contribution is 7.99. The van der Waals surface area contributed by atoms with Crippen LogP contribution in [0, 0.1) is 25.2 Å². The number of nitrogens with zero attached hydrogens (tertiary/aromatic N) is 1. The van der Waals surface area contributed by atoms with Crippen LogP contribution in [0.1, 0.15) is 16.7 Å². The van der Waals surface area contributed by atoms with Gasteiger partial charge in [0.1, 0.15) is 0 Å². The van der Waals surface area contributed by atoms with Crippen LogP contribution in [-0.4, -0.2) is 0 Å². The minimum absolute atomic E-state index is 0.709. The molecule has 0 spiro atoms. The van der Waals surface area contributed by atoms with Gasteiger partial charge in [0, 0.05) is 9.79 Å². The van der Waals surface area contributed by atoms with Crippen molar-refractivity contribution in [1.82, 2.24) is 0 Å². The Morgan fingerprint density at radius 1 is 1.00 bits per heavy atom. The lowest BCUT2D eigenvalue weighted by atomic mass is 10.2. The summed E-state index contributed by atoms with van der Waals surface area (Å²) >= 11 is 1.72. The van der Waals surface area contributed by atoms with Crippen LogP contribution in [0.2, 0.25) is 0 Å². The molecule has 2 aromatic rings. The van der Waals surface area contributed by atoms with E-state index >= 15 is 0 Å². The van der Waals surface area contributed by atoms with Crippen LogP contribution in [0.15, 0.2) is 52.3 Å². The van der Waals surface area contributed by atoms with E-state index in [1.807, 2.05) is 24.3 Å². The Morgan fingerprint density at radius 2 is 1.65 bits per heavy atom. The molecule has 0 heterocycles. The third-order valence-corrected chi connectivity index (χ3v) is 3.93. The SMILES string of the molecule is Cc1cccc(C)c1Sc1cccc(C#N)c1. The topological polar surface area (TPSA) is 23.8 Å². The maximum absolute atomic E-state index is 8.88. The number of nitriles is 1. The molecule has 0 atom stereocenters. The quantitative estimate of drug-likeness (QED) is 0.779. The zero-order valence-electron chi connectivity index (χ0n) is 9.90. The van der Waals surface area contributed by atoms with Crippen molar-refractivity contribution in [1.29, 1.82) is 5.26 Å². The van der Waals surface area contributed by atoms with Gasteiger partial charge in [-0.1, -0.05) is 36.0 Å². The van der Waals surface area contributed by atoms with Gasteiger partial charge < -0.3 is 0 Å². The second-order valence-electron chi connectivity index (χ2n) is 3.96. The van der Waals surface area contributed by atoms with E-state index in [-0.39, 0.29) is 0 Å². The van der Waals surface area contributed by atoms with E-state index in [2.05, 4.69) is 38.1 Å². The molecule has 0 aromatic heterocycles. The molecule has 1 nitrogen and oxygen atoms in total. The molecule has 0 N–H and O–H groups in total. The molecule has 0 unspecified atom stereocenters. The summed E-state index contributed by atoms with van der Waals surface area (Å²) in [4.78, 5) is 2.39. The average molecular weight is 239 g/mol. The number of benzene rings is 2.